The quantitative estimate of drug-likeness (QED) is 0.453. The molecule has 1 aliphatic heterocycles. The lowest BCUT2D eigenvalue weighted by Crippen LogP contribution is -2.31. The van der Waals surface area contributed by atoms with Gasteiger partial charge in [-0.1, -0.05) is 12.2 Å². The number of thiocarbonyl (C=S) groups is 1. The van der Waals surface area contributed by atoms with Crippen LogP contribution in [0.3, 0.4) is 0 Å². The summed E-state index contributed by atoms with van der Waals surface area (Å²) in [5.41, 5.74) is 0. The number of ether oxygens (including phenoxy) is 1. The third kappa shape index (κ3) is 1.41. The number of hydrogen-bond acceptors (Lipinski definition) is 2. The Kier molecular flexibility index (Phi) is 1.59. The number of hydrogen-bond donors (Lipinski definition) is 1. The summed E-state index contributed by atoms with van der Waals surface area (Å²) in [6, 6.07) is 0. The molecule has 1 heterocycles. The Balaban J connectivity index is 2.25. The molecule has 0 aromatic carbocycles. The second-order valence-electron chi connectivity index (χ2n) is 1.28. The van der Waals surface area contributed by atoms with Crippen molar-refractivity contribution in [1.29, 1.82) is 0 Å². The normalized spacial score (nSPS) is 21.4. The van der Waals surface area contributed by atoms with Crippen molar-refractivity contribution in [2.45, 2.75) is 0 Å². The van der Waals surface area contributed by atoms with E-state index >= 15 is 0 Å². The zero-order chi connectivity index (χ0) is 5.11. The summed E-state index contributed by atoms with van der Waals surface area (Å²) in [5, 5.41) is 2.93. The van der Waals surface area contributed by atoms with E-state index in [4.69, 9.17) is 17.0 Å². The van der Waals surface area contributed by atoms with Crippen LogP contribution < -0.4 is 5.32 Å². The molecule has 1 rings (SSSR count). The molecule has 1 N–H and O–H groups in total. The van der Waals surface area contributed by atoms with E-state index < -0.39 is 0 Å². The maximum atomic E-state index is 4.85. The largest absolute Gasteiger partial charge is 0.375 e. The molecule has 0 aromatic heterocycles. The summed E-state index contributed by atoms with van der Waals surface area (Å²) in [6.45, 7) is 3.13. The molecule has 0 atom stereocenters. The number of nitrogens with one attached hydrogen (secondary N) is 1. The van der Waals surface area contributed by atoms with Crippen molar-refractivity contribution in [3.05, 3.63) is 6.61 Å². The molecule has 0 bridgehead atoms. The highest BCUT2D eigenvalue weighted by Gasteiger charge is 2.01. The van der Waals surface area contributed by atoms with Crippen molar-refractivity contribution >= 4 is 17.2 Å². The minimum absolute atomic E-state index is 0.700. The smallest absolute Gasteiger partial charge is 0.140 e. The van der Waals surface area contributed by atoms with Crippen LogP contribution in [0, 0.1) is 6.61 Å². The van der Waals surface area contributed by atoms with Crippen LogP contribution in [0.25, 0.3) is 0 Å². The van der Waals surface area contributed by atoms with E-state index in [1.807, 2.05) is 0 Å². The average molecular weight is 116 g/mol. The van der Waals surface area contributed by atoms with Gasteiger partial charge in [-0.2, -0.15) is 0 Å². The minimum Gasteiger partial charge on any atom is -0.375 e. The molecule has 39 valence electrons. The van der Waals surface area contributed by atoms with E-state index in [9.17, 15) is 0 Å². The Morgan fingerprint density at radius 2 is 2.71 bits per heavy atom. The van der Waals surface area contributed by atoms with E-state index in [0.717, 1.165) is 13.2 Å². The van der Waals surface area contributed by atoms with E-state index in [1.165, 1.54) is 0 Å². The first-order valence-corrected chi connectivity index (χ1v) is 2.53. The van der Waals surface area contributed by atoms with Gasteiger partial charge in [-0.05, 0) is 0 Å². The van der Waals surface area contributed by atoms with Gasteiger partial charge in [-0.3, -0.25) is 0 Å². The van der Waals surface area contributed by atoms with Gasteiger partial charge in [0.1, 0.15) is 11.6 Å². The molecule has 0 aliphatic carbocycles. The van der Waals surface area contributed by atoms with E-state index in [0.29, 0.717) is 4.99 Å². The average Bonchev–Trinajstić information content (AvgIpc) is 1.69. The first kappa shape index (κ1) is 5.00. The number of morpholine rings is 1. The Hall–Kier alpha value is -0.150. The Morgan fingerprint density at radius 3 is 3.00 bits per heavy atom. The zero-order valence-electron chi connectivity index (χ0n) is 3.81. The SMILES string of the molecule is S=C1[CH]OCCN1. The lowest BCUT2D eigenvalue weighted by molar-refractivity contribution is 0.213. The lowest BCUT2D eigenvalue weighted by atomic mass is 10.5. The van der Waals surface area contributed by atoms with Crippen molar-refractivity contribution in [3.8, 4) is 0 Å². The van der Waals surface area contributed by atoms with Crippen LogP contribution in [0.15, 0.2) is 0 Å². The highest BCUT2D eigenvalue weighted by atomic mass is 32.1. The Morgan fingerprint density at radius 1 is 1.86 bits per heavy atom. The minimum atomic E-state index is 0.700. The van der Waals surface area contributed by atoms with E-state index in [1.54, 1.807) is 6.61 Å². The number of rotatable bonds is 0. The van der Waals surface area contributed by atoms with Crippen LogP contribution in [0.5, 0.6) is 0 Å². The highest BCUT2D eigenvalue weighted by Crippen LogP contribution is 1.88. The monoisotopic (exact) mass is 116 g/mol. The molecule has 0 aromatic rings. The van der Waals surface area contributed by atoms with Crippen molar-refractivity contribution < 1.29 is 4.74 Å². The van der Waals surface area contributed by atoms with Crippen LogP contribution in [-0.2, 0) is 4.74 Å². The van der Waals surface area contributed by atoms with Gasteiger partial charge in [-0.15, -0.1) is 0 Å². The van der Waals surface area contributed by atoms with Crippen molar-refractivity contribution in [2.75, 3.05) is 13.2 Å². The van der Waals surface area contributed by atoms with Gasteiger partial charge in [-0.25, -0.2) is 0 Å². The molecule has 0 unspecified atom stereocenters. The lowest BCUT2D eigenvalue weighted by Gasteiger charge is -2.12. The molecule has 1 fully saturated rings. The Bertz CT molecular complexity index is 75.8. The molecule has 1 aliphatic rings. The molecule has 0 amide bonds. The van der Waals surface area contributed by atoms with Gasteiger partial charge < -0.3 is 10.1 Å². The molecule has 0 saturated carbocycles. The topological polar surface area (TPSA) is 21.3 Å². The van der Waals surface area contributed by atoms with E-state index in [2.05, 4.69) is 5.32 Å². The highest BCUT2D eigenvalue weighted by molar-refractivity contribution is 7.80. The summed E-state index contributed by atoms with van der Waals surface area (Å²) >= 11 is 4.71. The fourth-order valence-corrected chi connectivity index (χ4v) is 0.580. The first-order chi connectivity index (χ1) is 3.39. The fraction of sp³-hybridized carbons (Fsp3) is 0.500. The summed E-state index contributed by atoms with van der Waals surface area (Å²) in [4.78, 5) is 0.700. The summed E-state index contributed by atoms with van der Waals surface area (Å²) in [5.74, 6) is 0. The molecular weight excluding hydrogens is 110 g/mol. The Labute approximate surface area is 47.9 Å². The molecule has 3 heteroatoms. The molecule has 1 saturated heterocycles. The standard InChI is InChI=1S/C4H6NOS/c7-4-3-6-2-1-5-4/h3H,1-2H2,(H,5,7). The predicted octanol–water partition coefficient (Wildman–Crippen LogP) is 0.0954. The van der Waals surface area contributed by atoms with E-state index in [-0.39, 0.29) is 0 Å². The van der Waals surface area contributed by atoms with Gasteiger partial charge in [0, 0.05) is 6.54 Å². The fourth-order valence-electron chi connectivity index (χ4n) is 0.409. The summed E-state index contributed by atoms with van der Waals surface area (Å²) in [7, 11) is 0. The molecule has 7 heavy (non-hydrogen) atoms. The van der Waals surface area contributed by atoms with Gasteiger partial charge in [0.15, 0.2) is 0 Å². The van der Waals surface area contributed by atoms with Crippen LogP contribution in [0.2, 0.25) is 0 Å². The van der Waals surface area contributed by atoms with Crippen LogP contribution in [0.4, 0.5) is 0 Å². The molecule has 1 radical (unpaired) electrons. The van der Waals surface area contributed by atoms with Crippen LogP contribution in [-0.4, -0.2) is 18.1 Å². The van der Waals surface area contributed by atoms with Gasteiger partial charge in [0.05, 0.1) is 6.61 Å². The van der Waals surface area contributed by atoms with Gasteiger partial charge >= 0.3 is 0 Å². The molecular formula is C4H6NOS. The third-order valence-corrected chi connectivity index (χ3v) is 0.950. The predicted molar refractivity (Wildman–Crippen MR) is 30.9 cm³/mol. The summed E-state index contributed by atoms with van der Waals surface area (Å²) in [6.07, 6.45) is 0. The molecule has 0 spiro atoms. The zero-order valence-corrected chi connectivity index (χ0v) is 4.62. The maximum absolute atomic E-state index is 4.85. The second-order valence-corrected chi connectivity index (χ2v) is 1.72. The van der Waals surface area contributed by atoms with Crippen molar-refractivity contribution in [1.82, 2.24) is 5.32 Å². The maximum Gasteiger partial charge on any atom is 0.140 e. The van der Waals surface area contributed by atoms with Gasteiger partial charge in [0.25, 0.3) is 0 Å². The van der Waals surface area contributed by atoms with Crippen LogP contribution in [0.1, 0.15) is 0 Å². The van der Waals surface area contributed by atoms with Crippen molar-refractivity contribution in [2.24, 2.45) is 0 Å². The summed E-state index contributed by atoms with van der Waals surface area (Å²) < 4.78 is 4.85. The van der Waals surface area contributed by atoms with Crippen molar-refractivity contribution in [3.63, 3.8) is 0 Å². The third-order valence-electron chi connectivity index (χ3n) is 0.710. The van der Waals surface area contributed by atoms with Gasteiger partial charge in [0.2, 0.25) is 0 Å². The van der Waals surface area contributed by atoms with Crippen LogP contribution >= 0.6 is 12.2 Å². The molecule has 2 nitrogen and oxygen atoms in total. The first-order valence-electron chi connectivity index (χ1n) is 2.12. The second kappa shape index (κ2) is 2.23.